The molecule has 0 heterocycles. The van der Waals surface area contributed by atoms with Crippen molar-refractivity contribution in [3.8, 4) is 0 Å². The number of benzene rings is 1. The normalized spacial score (nSPS) is 12.1. The topological polar surface area (TPSA) is 75.4 Å². The van der Waals surface area contributed by atoms with E-state index in [4.69, 9.17) is 5.73 Å². The van der Waals surface area contributed by atoms with E-state index in [2.05, 4.69) is 5.32 Å². The molecule has 1 atom stereocenters. The molecule has 0 fully saturated rings. The minimum absolute atomic E-state index is 0. The number of nitrogens with two attached hydrogens (primary N) is 1. The van der Waals surface area contributed by atoms with Gasteiger partial charge in [-0.05, 0) is 31.5 Å². The Morgan fingerprint density at radius 1 is 1.35 bits per heavy atom. The van der Waals surface area contributed by atoms with Crippen molar-refractivity contribution in [1.82, 2.24) is 4.90 Å². The Hall–Kier alpha value is -1.80. The minimum atomic E-state index is -4.91. The first kappa shape index (κ1) is 21.2. The molecular weight excluding hydrogens is 335 g/mol. The summed E-state index contributed by atoms with van der Waals surface area (Å²) in [6.07, 6.45) is -4.91. The maximum Gasteiger partial charge on any atom is 0.471 e. The van der Waals surface area contributed by atoms with Gasteiger partial charge < -0.3 is 16.0 Å². The van der Waals surface area contributed by atoms with E-state index < -0.39 is 24.0 Å². The van der Waals surface area contributed by atoms with Crippen LogP contribution in [-0.4, -0.2) is 35.5 Å². The molecule has 0 aliphatic carbocycles. The molecule has 0 saturated carbocycles. The number of hydrogen-bond acceptors (Lipinski definition) is 3. The summed E-state index contributed by atoms with van der Waals surface area (Å²) >= 11 is 0. The Morgan fingerprint density at radius 2 is 1.96 bits per heavy atom. The second-order valence-electron chi connectivity index (χ2n) is 4.80. The fraction of sp³-hybridized carbons (Fsp3) is 0.429. The first-order chi connectivity index (χ1) is 10.1. The van der Waals surface area contributed by atoms with Crippen LogP contribution < -0.4 is 11.1 Å². The molecule has 0 bridgehead atoms. The van der Waals surface area contributed by atoms with Gasteiger partial charge in [0.15, 0.2) is 0 Å². The molecule has 0 aromatic heterocycles. The molecule has 1 rings (SSSR count). The quantitative estimate of drug-likeness (QED) is 0.853. The number of nitrogens with zero attached hydrogens (tertiary/aromatic N) is 1. The van der Waals surface area contributed by atoms with Gasteiger partial charge in [-0.1, -0.05) is 12.1 Å². The van der Waals surface area contributed by atoms with Gasteiger partial charge in [0, 0.05) is 18.8 Å². The fourth-order valence-electron chi connectivity index (χ4n) is 1.73. The van der Waals surface area contributed by atoms with Crippen LogP contribution in [0.3, 0.4) is 0 Å². The highest BCUT2D eigenvalue weighted by Crippen LogP contribution is 2.20. The summed E-state index contributed by atoms with van der Waals surface area (Å²) in [6.45, 7) is 2.71. The zero-order chi connectivity index (χ0) is 16.9. The number of nitrogens with one attached hydrogen (secondary N) is 1. The number of amides is 2. The van der Waals surface area contributed by atoms with E-state index in [1.165, 1.54) is 19.9 Å². The molecule has 2 amide bonds. The molecule has 0 saturated heterocycles. The zero-order valence-electron chi connectivity index (χ0n) is 12.7. The van der Waals surface area contributed by atoms with Gasteiger partial charge in [-0.2, -0.15) is 13.2 Å². The predicted octanol–water partition coefficient (Wildman–Crippen LogP) is 2.30. The molecule has 130 valence electrons. The van der Waals surface area contributed by atoms with Gasteiger partial charge in [-0.3, -0.25) is 9.59 Å². The van der Waals surface area contributed by atoms with E-state index >= 15 is 0 Å². The van der Waals surface area contributed by atoms with Crippen molar-refractivity contribution in [2.75, 3.05) is 11.9 Å². The summed E-state index contributed by atoms with van der Waals surface area (Å²) in [7, 11) is 0. The maximum atomic E-state index is 12.5. The van der Waals surface area contributed by atoms with Crippen molar-refractivity contribution in [3.05, 3.63) is 29.8 Å². The summed E-state index contributed by atoms with van der Waals surface area (Å²) in [4.78, 5) is 23.4. The Balaban J connectivity index is 0.00000484. The highest BCUT2D eigenvalue weighted by atomic mass is 35.5. The maximum absolute atomic E-state index is 12.5. The lowest BCUT2D eigenvalue weighted by Crippen LogP contribution is -2.40. The zero-order valence-corrected chi connectivity index (χ0v) is 13.5. The first-order valence-corrected chi connectivity index (χ1v) is 6.66. The highest BCUT2D eigenvalue weighted by Gasteiger charge is 2.41. The van der Waals surface area contributed by atoms with Gasteiger partial charge in [0.05, 0.1) is 6.04 Å². The summed E-state index contributed by atoms with van der Waals surface area (Å²) in [6, 6.07) is 5.55. The monoisotopic (exact) mass is 353 g/mol. The standard InChI is InChI=1S/C14H18F3N3O2.ClH/c1-3-20(13(22)14(15,16)17)8-10-5-4-6-11(7-10)19-12(21)9(2)18;/h4-7,9H,3,8,18H2,1-2H3,(H,19,21);1H/t9-;/m0./s1. The van der Waals surface area contributed by atoms with Gasteiger partial charge in [-0.15, -0.1) is 12.4 Å². The van der Waals surface area contributed by atoms with Crippen LogP contribution in [-0.2, 0) is 16.1 Å². The lowest BCUT2D eigenvalue weighted by Gasteiger charge is -2.22. The summed E-state index contributed by atoms with van der Waals surface area (Å²) in [5, 5.41) is 2.54. The van der Waals surface area contributed by atoms with E-state index in [1.54, 1.807) is 18.2 Å². The molecule has 0 aliphatic rings. The van der Waals surface area contributed by atoms with Crippen LogP contribution in [0.2, 0.25) is 0 Å². The molecule has 1 aromatic carbocycles. The van der Waals surface area contributed by atoms with Crippen LogP contribution in [0.15, 0.2) is 24.3 Å². The summed E-state index contributed by atoms with van der Waals surface area (Å²) in [5.74, 6) is -2.30. The third-order valence-electron chi connectivity index (χ3n) is 2.89. The van der Waals surface area contributed by atoms with Crippen molar-refractivity contribution in [1.29, 1.82) is 0 Å². The van der Waals surface area contributed by atoms with Crippen molar-refractivity contribution in [2.24, 2.45) is 5.73 Å². The van der Waals surface area contributed by atoms with E-state index in [9.17, 15) is 22.8 Å². The van der Waals surface area contributed by atoms with E-state index in [-0.39, 0.29) is 25.5 Å². The van der Waals surface area contributed by atoms with Crippen LogP contribution in [0.25, 0.3) is 0 Å². The van der Waals surface area contributed by atoms with Crippen molar-refractivity contribution >= 4 is 29.9 Å². The number of alkyl halides is 3. The van der Waals surface area contributed by atoms with Gasteiger partial charge in [0.25, 0.3) is 0 Å². The molecule has 9 heteroatoms. The number of anilines is 1. The van der Waals surface area contributed by atoms with Crippen LogP contribution in [0.4, 0.5) is 18.9 Å². The Morgan fingerprint density at radius 3 is 2.43 bits per heavy atom. The lowest BCUT2D eigenvalue weighted by atomic mass is 10.1. The predicted molar refractivity (Wildman–Crippen MR) is 83.1 cm³/mol. The molecule has 0 unspecified atom stereocenters. The van der Waals surface area contributed by atoms with Gasteiger partial charge in [-0.25, -0.2) is 0 Å². The van der Waals surface area contributed by atoms with E-state index in [1.807, 2.05) is 0 Å². The summed E-state index contributed by atoms with van der Waals surface area (Å²) < 4.78 is 37.4. The molecule has 3 N–H and O–H groups in total. The van der Waals surface area contributed by atoms with Crippen molar-refractivity contribution in [3.63, 3.8) is 0 Å². The van der Waals surface area contributed by atoms with Crippen LogP contribution in [0, 0.1) is 0 Å². The number of hydrogen-bond donors (Lipinski definition) is 2. The largest absolute Gasteiger partial charge is 0.471 e. The molecule has 0 aliphatic heterocycles. The number of carbonyl (C=O) groups excluding carboxylic acids is 2. The molecule has 0 spiro atoms. The van der Waals surface area contributed by atoms with Gasteiger partial charge >= 0.3 is 12.1 Å². The smallest absolute Gasteiger partial charge is 0.331 e. The fourth-order valence-corrected chi connectivity index (χ4v) is 1.73. The molecule has 0 radical (unpaired) electrons. The lowest BCUT2D eigenvalue weighted by molar-refractivity contribution is -0.185. The number of halogens is 4. The van der Waals surface area contributed by atoms with Crippen LogP contribution >= 0.6 is 12.4 Å². The minimum Gasteiger partial charge on any atom is -0.331 e. The molecule has 23 heavy (non-hydrogen) atoms. The number of carbonyl (C=O) groups is 2. The highest BCUT2D eigenvalue weighted by molar-refractivity contribution is 5.94. The SMILES string of the molecule is CCN(Cc1cccc(NC(=O)[C@H](C)N)c1)C(=O)C(F)(F)F.Cl. The Labute approximate surface area is 138 Å². The van der Waals surface area contributed by atoms with Gasteiger partial charge in [0.1, 0.15) is 0 Å². The Bertz CT molecular complexity index is 550. The molecular formula is C14H19ClF3N3O2. The Kier molecular flexibility index (Phi) is 8.05. The second kappa shape index (κ2) is 8.73. The number of rotatable bonds is 5. The summed E-state index contributed by atoms with van der Waals surface area (Å²) in [5.41, 5.74) is 6.31. The first-order valence-electron chi connectivity index (χ1n) is 6.66. The van der Waals surface area contributed by atoms with Crippen LogP contribution in [0.1, 0.15) is 19.4 Å². The average molecular weight is 354 g/mol. The third kappa shape index (κ3) is 6.45. The van der Waals surface area contributed by atoms with Crippen molar-refractivity contribution in [2.45, 2.75) is 32.6 Å². The van der Waals surface area contributed by atoms with Crippen molar-refractivity contribution < 1.29 is 22.8 Å². The third-order valence-corrected chi connectivity index (χ3v) is 2.89. The average Bonchev–Trinajstić information content (AvgIpc) is 2.43. The second-order valence-corrected chi connectivity index (χ2v) is 4.80. The molecule has 1 aromatic rings. The van der Waals surface area contributed by atoms with E-state index in [0.717, 1.165) is 0 Å². The molecule has 5 nitrogen and oxygen atoms in total. The van der Waals surface area contributed by atoms with Gasteiger partial charge in [0.2, 0.25) is 5.91 Å². The van der Waals surface area contributed by atoms with E-state index in [0.29, 0.717) is 16.2 Å². The van der Waals surface area contributed by atoms with Crippen LogP contribution in [0.5, 0.6) is 0 Å².